The Hall–Kier alpha value is -3.23. The first kappa shape index (κ1) is 22.5. The van der Waals surface area contributed by atoms with E-state index in [1.807, 2.05) is 0 Å². The van der Waals surface area contributed by atoms with E-state index in [0.717, 1.165) is 4.57 Å². The lowest BCUT2D eigenvalue weighted by molar-refractivity contribution is -0.120. The number of hydrogen-bond donors (Lipinski definition) is 3. The fourth-order valence-electron chi connectivity index (χ4n) is 3.03. The van der Waals surface area contributed by atoms with Gasteiger partial charge in [0.2, 0.25) is 11.8 Å². The van der Waals surface area contributed by atoms with E-state index < -0.39 is 23.7 Å². The van der Waals surface area contributed by atoms with Crippen molar-refractivity contribution in [2.75, 3.05) is 12.4 Å². The van der Waals surface area contributed by atoms with E-state index >= 15 is 0 Å². The maximum absolute atomic E-state index is 12.8. The molecule has 0 spiro atoms. The number of carbonyl (C=O) groups is 3. The summed E-state index contributed by atoms with van der Waals surface area (Å²) in [5.74, 6) is -1.22. The van der Waals surface area contributed by atoms with Gasteiger partial charge >= 0.3 is 6.03 Å². The van der Waals surface area contributed by atoms with Gasteiger partial charge in [-0.15, -0.1) is 0 Å². The van der Waals surface area contributed by atoms with Crippen LogP contribution in [-0.2, 0) is 4.79 Å². The minimum absolute atomic E-state index is 0.0389. The molecule has 3 rings (SSSR count). The number of ether oxygens (including phenoxy) is 1. The number of nitrogens with one attached hydrogen (secondary N) is 2. The molecule has 31 heavy (non-hydrogen) atoms. The van der Waals surface area contributed by atoms with E-state index in [1.165, 1.54) is 31.4 Å². The number of benzene rings is 2. The van der Waals surface area contributed by atoms with Crippen molar-refractivity contribution in [2.45, 2.75) is 19.8 Å². The van der Waals surface area contributed by atoms with Crippen molar-refractivity contribution in [3.63, 3.8) is 0 Å². The second kappa shape index (κ2) is 9.28. The SMILES string of the molecule is CCCC(=O)NC(=O)n1c(O)c(NC(=O)c2ccc(Cl)cc2Cl)c2cc(OC)ccc21. The van der Waals surface area contributed by atoms with Crippen LogP contribution in [0.3, 0.4) is 0 Å². The summed E-state index contributed by atoms with van der Waals surface area (Å²) in [5.41, 5.74) is 0.345. The Morgan fingerprint density at radius 3 is 2.52 bits per heavy atom. The third kappa shape index (κ3) is 4.60. The zero-order chi connectivity index (χ0) is 22.7. The molecule has 10 heteroatoms. The summed E-state index contributed by atoms with van der Waals surface area (Å²) in [6.45, 7) is 1.80. The zero-order valence-corrected chi connectivity index (χ0v) is 18.2. The predicted molar refractivity (Wildman–Crippen MR) is 118 cm³/mol. The highest BCUT2D eigenvalue weighted by atomic mass is 35.5. The zero-order valence-electron chi connectivity index (χ0n) is 16.7. The molecule has 0 saturated carbocycles. The monoisotopic (exact) mass is 463 g/mol. The van der Waals surface area contributed by atoms with Crippen molar-refractivity contribution < 1.29 is 24.2 Å². The Balaban J connectivity index is 2.07. The molecule has 162 valence electrons. The molecule has 0 aliphatic heterocycles. The average Bonchev–Trinajstić information content (AvgIpc) is 2.98. The van der Waals surface area contributed by atoms with Crippen molar-refractivity contribution >= 4 is 57.6 Å². The highest BCUT2D eigenvalue weighted by molar-refractivity contribution is 6.37. The summed E-state index contributed by atoms with van der Waals surface area (Å²) in [7, 11) is 1.46. The lowest BCUT2D eigenvalue weighted by Gasteiger charge is -2.08. The van der Waals surface area contributed by atoms with Gasteiger partial charge in [-0.05, 0) is 42.8 Å². The first-order chi connectivity index (χ1) is 14.8. The predicted octanol–water partition coefficient (Wildman–Crippen LogP) is 4.80. The van der Waals surface area contributed by atoms with E-state index in [1.54, 1.807) is 19.1 Å². The molecule has 3 amide bonds. The minimum Gasteiger partial charge on any atom is -0.497 e. The van der Waals surface area contributed by atoms with Crippen LogP contribution >= 0.6 is 23.2 Å². The number of carbonyl (C=O) groups excluding carboxylic acids is 3. The van der Waals surface area contributed by atoms with Gasteiger partial charge in [0.1, 0.15) is 11.4 Å². The Bertz CT molecular complexity index is 1190. The van der Waals surface area contributed by atoms with Crippen molar-refractivity contribution in [3.8, 4) is 11.6 Å². The lowest BCUT2D eigenvalue weighted by Crippen LogP contribution is -2.33. The number of amides is 3. The second-order valence-electron chi connectivity index (χ2n) is 6.60. The van der Waals surface area contributed by atoms with Gasteiger partial charge < -0.3 is 15.2 Å². The molecule has 0 bridgehead atoms. The molecule has 0 atom stereocenters. The molecular weight excluding hydrogens is 445 g/mol. The number of methoxy groups -OCH3 is 1. The number of hydrogen-bond acceptors (Lipinski definition) is 5. The van der Waals surface area contributed by atoms with Crippen LogP contribution in [0.15, 0.2) is 36.4 Å². The average molecular weight is 464 g/mol. The van der Waals surface area contributed by atoms with Gasteiger partial charge in [-0.25, -0.2) is 9.36 Å². The topological polar surface area (TPSA) is 110 Å². The molecule has 1 heterocycles. The third-order valence-electron chi connectivity index (χ3n) is 4.49. The molecule has 0 unspecified atom stereocenters. The molecule has 0 fully saturated rings. The quantitative estimate of drug-likeness (QED) is 0.503. The number of nitrogens with zero attached hydrogens (tertiary/aromatic N) is 1. The van der Waals surface area contributed by atoms with Crippen LogP contribution in [0.1, 0.15) is 30.1 Å². The van der Waals surface area contributed by atoms with Gasteiger partial charge in [-0.2, -0.15) is 0 Å². The number of fused-ring (bicyclic) bond motifs is 1. The fraction of sp³-hybridized carbons (Fsp3) is 0.190. The maximum Gasteiger partial charge on any atom is 0.335 e. The Morgan fingerprint density at radius 2 is 1.87 bits per heavy atom. The van der Waals surface area contributed by atoms with Gasteiger partial charge in [0, 0.05) is 16.8 Å². The number of aromatic nitrogens is 1. The van der Waals surface area contributed by atoms with Crippen LogP contribution in [0.5, 0.6) is 11.6 Å². The number of halogens is 2. The van der Waals surface area contributed by atoms with Crippen molar-refractivity contribution in [3.05, 3.63) is 52.0 Å². The van der Waals surface area contributed by atoms with Crippen LogP contribution in [0.4, 0.5) is 10.5 Å². The number of aromatic hydroxyl groups is 1. The minimum atomic E-state index is -0.851. The summed E-state index contributed by atoms with van der Waals surface area (Å²) in [4.78, 5) is 37.3. The van der Waals surface area contributed by atoms with Crippen LogP contribution in [0, 0.1) is 0 Å². The van der Waals surface area contributed by atoms with Crippen LogP contribution in [0.25, 0.3) is 10.9 Å². The summed E-state index contributed by atoms with van der Waals surface area (Å²) in [5, 5.41) is 16.4. The lowest BCUT2D eigenvalue weighted by atomic mass is 10.2. The molecule has 0 saturated heterocycles. The molecule has 0 aliphatic rings. The van der Waals surface area contributed by atoms with Gasteiger partial charge in [0.05, 0.1) is 23.2 Å². The Kier molecular flexibility index (Phi) is 6.72. The maximum atomic E-state index is 12.8. The standard InChI is InChI=1S/C21H19Cl2N3O5/c1-3-4-17(27)24-21(30)26-16-8-6-12(31-2)10-14(16)18(20(26)29)25-19(28)13-7-5-11(22)9-15(13)23/h5-10,29H,3-4H2,1-2H3,(H,25,28)(H,24,27,30). The van der Waals surface area contributed by atoms with Crippen molar-refractivity contribution in [2.24, 2.45) is 0 Å². The highest BCUT2D eigenvalue weighted by Crippen LogP contribution is 2.38. The van der Waals surface area contributed by atoms with Gasteiger partial charge in [0.25, 0.3) is 5.91 Å². The largest absolute Gasteiger partial charge is 0.497 e. The summed E-state index contributed by atoms with van der Waals surface area (Å²) >= 11 is 12.0. The van der Waals surface area contributed by atoms with E-state index in [9.17, 15) is 19.5 Å². The van der Waals surface area contributed by atoms with Crippen LogP contribution < -0.4 is 15.4 Å². The van der Waals surface area contributed by atoms with Gasteiger partial charge in [-0.3, -0.25) is 14.9 Å². The van der Waals surface area contributed by atoms with E-state index in [-0.39, 0.29) is 28.2 Å². The summed E-state index contributed by atoms with van der Waals surface area (Å²) < 4.78 is 6.12. The van der Waals surface area contributed by atoms with Crippen LogP contribution in [-0.4, -0.2) is 34.6 Å². The van der Waals surface area contributed by atoms with E-state index in [0.29, 0.717) is 22.6 Å². The number of anilines is 1. The highest BCUT2D eigenvalue weighted by Gasteiger charge is 2.25. The number of rotatable bonds is 5. The summed E-state index contributed by atoms with van der Waals surface area (Å²) in [6, 6.07) is 8.16. The molecule has 0 aliphatic carbocycles. The first-order valence-electron chi connectivity index (χ1n) is 9.28. The smallest absolute Gasteiger partial charge is 0.335 e. The Morgan fingerprint density at radius 1 is 1.13 bits per heavy atom. The van der Waals surface area contributed by atoms with E-state index in [4.69, 9.17) is 27.9 Å². The van der Waals surface area contributed by atoms with Crippen LogP contribution in [0.2, 0.25) is 10.0 Å². The third-order valence-corrected chi connectivity index (χ3v) is 5.04. The van der Waals surface area contributed by atoms with Crippen molar-refractivity contribution in [1.29, 1.82) is 0 Å². The molecular formula is C21H19Cl2N3O5. The molecule has 2 aromatic carbocycles. The fourth-order valence-corrected chi connectivity index (χ4v) is 3.53. The molecule has 3 N–H and O–H groups in total. The molecule has 1 aromatic heterocycles. The summed E-state index contributed by atoms with van der Waals surface area (Å²) in [6.07, 6.45) is 0.704. The van der Waals surface area contributed by atoms with Gasteiger partial charge in [-0.1, -0.05) is 30.1 Å². The first-order valence-corrected chi connectivity index (χ1v) is 10.0. The normalized spacial score (nSPS) is 10.7. The second-order valence-corrected chi connectivity index (χ2v) is 7.44. The molecule has 0 radical (unpaired) electrons. The number of imide groups is 1. The molecule has 3 aromatic rings. The van der Waals surface area contributed by atoms with Gasteiger partial charge in [0.15, 0.2) is 0 Å². The van der Waals surface area contributed by atoms with E-state index in [2.05, 4.69) is 10.6 Å². The van der Waals surface area contributed by atoms with Crippen molar-refractivity contribution in [1.82, 2.24) is 9.88 Å². The molecule has 8 nitrogen and oxygen atoms in total. The Labute approximate surface area is 187 Å².